The second-order valence-electron chi connectivity index (χ2n) is 13.4. The second-order valence-corrected chi connectivity index (χ2v) is 13.4. The smallest absolute Gasteiger partial charge is 0.338 e. The maximum absolute atomic E-state index is 13.4. The van der Waals surface area contributed by atoms with Crippen LogP contribution in [0.15, 0.2) is 121 Å². The maximum atomic E-state index is 13.4. The van der Waals surface area contributed by atoms with Gasteiger partial charge in [0.2, 0.25) is 5.91 Å². The van der Waals surface area contributed by atoms with Gasteiger partial charge in [0, 0.05) is 6.92 Å². The highest BCUT2D eigenvalue weighted by Gasteiger charge is 2.54. The molecule has 4 aromatic carbocycles. The Hall–Kier alpha value is -4.54. The van der Waals surface area contributed by atoms with Crippen LogP contribution in [-0.2, 0) is 57.8 Å². The van der Waals surface area contributed by atoms with E-state index in [1.54, 1.807) is 30.3 Å². The minimum atomic E-state index is -1.69. The van der Waals surface area contributed by atoms with Crippen LogP contribution in [0.25, 0.3) is 0 Å². The van der Waals surface area contributed by atoms with Gasteiger partial charge in [0.05, 0.1) is 38.6 Å². The third kappa shape index (κ3) is 10.8. The Morgan fingerprint density at radius 1 is 0.655 bits per heavy atom. The number of rotatable bonds is 16. The number of carbonyl (C=O) groups excluding carboxylic acids is 2. The van der Waals surface area contributed by atoms with E-state index in [9.17, 15) is 24.9 Å². The zero-order valence-corrected chi connectivity index (χ0v) is 30.4. The van der Waals surface area contributed by atoms with Crippen molar-refractivity contribution in [1.29, 1.82) is 0 Å². The summed E-state index contributed by atoms with van der Waals surface area (Å²) in [5.41, 5.74) is 2.86. The van der Waals surface area contributed by atoms with Gasteiger partial charge in [0.1, 0.15) is 42.7 Å². The molecular weight excluding hydrogens is 710 g/mol. The van der Waals surface area contributed by atoms with Crippen LogP contribution in [0.3, 0.4) is 0 Å². The van der Waals surface area contributed by atoms with Gasteiger partial charge in [-0.05, 0) is 28.8 Å². The third-order valence-corrected chi connectivity index (χ3v) is 9.34. The quantitative estimate of drug-likeness (QED) is 0.123. The Morgan fingerprint density at radius 3 is 1.73 bits per heavy atom. The highest BCUT2D eigenvalue weighted by Crippen LogP contribution is 2.33. The van der Waals surface area contributed by atoms with E-state index in [1.807, 2.05) is 91.0 Å². The van der Waals surface area contributed by atoms with Crippen LogP contribution in [0.1, 0.15) is 34.0 Å². The minimum Gasteiger partial charge on any atom is -0.453 e. The van der Waals surface area contributed by atoms with E-state index in [0.29, 0.717) is 0 Å². The van der Waals surface area contributed by atoms with E-state index >= 15 is 0 Å². The summed E-state index contributed by atoms with van der Waals surface area (Å²) < 4.78 is 43.6. The van der Waals surface area contributed by atoms with Gasteiger partial charge in [-0.1, -0.05) is 109 Å². The maximum Gasteiger partial charge on any atom is 0.338 e. The molecule has 55 heavy (non-hydrogen) atoms. The average molecular weight is 758 g/mol. The van der Waals surface area contributed by atoms with Crippen LogP contribution in [0.5, 0.6) is 0 Å². The molecular formula is C42H47NO12. The van der Waals surface area contributed by atoms with Crippen molar-refractivity contribution in [3.8, 4) is 0 Å². The standard InChI is InChI=1S/C42H47NO12/c1-27(45)43-34-38(54-40(47)31-20-12-5-13-21-31)37(32(22-44)52-41(34)48)55-42-35(46)39(51-25-30-18-10-4-11-19-30)36(50-24-29-16-8-3-9-17-29)33(53-42)26-49-23-28-14-6-2-7-15-28/h2-21,32-39,41-42,44,46,48H,22-26H2,1H3,(H,43,45)/t32-,33-,34-,35-,36-,37-,38-,39-,41-,42-/m1/s1. The van der Waals surface area contributed by atoms with Crippen molar-refractivity contribution in [2.45, 2.75) is 88.1 Å². The van der Waals surface area contributed by atoms with Crippen molar-refractivity contribution in [1.82, 2.24) is 5.32 Å². The molecule has 10 atom stereocenters. The molecule has 2 heterocycles. The predicted molar refractivity (Wildman–Crippen MR) is 197 cm³/mol. The first kappa shape index (κ1) is 40.1. The molecule has 13 nitrogen and oxygen atoms in total. The Labute approximate surface area is 319 Å². The largest absolute Gasteiger partial charge is 0.453 e. The Kier molecular flexibility index (Phi) is 14.5. The summed E-state index contributed by atoms with van der Waals surface area (Å²) in [6.07, 6.45) is -11.6. The van der Waals surface area contributed by atoms with Crippen molar-refractivity contribution in [3.05, 3.63) is 144 Å². The molecule has 0 spiro atoms. The summed E-state index contributed by atoms with van der Waals surface area (Å²) in [7, 11) is 0. The van der Waals surface area contributed by atoms with Gasteiger partial charge in [-0.15, -0.1) is 0 Å². The van der Waals surface area contributed by atoms with E-state index in [1.165, 1.54) is 6.92 Å². The summed E-state index contributed by atoms with van der Waals surface area (Å²) in [4.78, 5) is 25.7. The van der Waals surface area contributed by atoms with Crippen LogP contribution in [0.2, 0.25) is 0 Å². The van der Waals surface area contributed by atoms with Crippen LogP contribution >= 0.6 is 0 Å². The molecule has 2 saturated heterocycles. The van der Waals surface area contributed by atoms with Gasteiger partial charge in [0.25, 0.3) is 0 Å². The number of aliphatic hydroxyl groups is 3. The Balaban J connectivity index is 1.31. The van der Waals surface area contributed by atoms with Crippen molar-refractivity contribution in [2.75, 3.05) is 13.2 Å². The number of carbonyl (C=O) groups is 2. The zero-order valence-electron chi connectivity index (χ0n) is 30.4. The number of hydrogen-bond donors (Lipinski definition) is 4. The van der Waals surface area contributed by atoms with Gasteiger partial charge < -0.3 is 53.8 Å². The summed E-state index contributed by atoms with van der Waals surface area (Å²) in [6, 6.07) is 35.4. The van der Waals surface area contributed by atoms with Gasteiger partial charge in [-0.3, -0.25) is 4.79 Å². The molecule has 1 amide bonds. The van der Waals surface area contributed by atoms with Crippen molar-refractivity contribution in [3.63, 3.8) is 0 Å². The highest BCUT2D eigenvalue weighted by atomic mass is 16.7. The number of amides is 1. The minimum absolute atomic E-state index is 0.00360. The molecule has 0 aromatic heterocycles. The molecule has 2 aliphatic heterocycles. The van der Waals surface area contributed by atoms with Crippen LogP contribution in [0, 0.1) is 0 Å². The van der Waals surface area contributed by atoms with Crippen molar-refractivity contribution in [2.24, 2.45) is 0 Å². The SMILES string of the molecule is CC(=O)N[C@@H]1[C@@H](OC(=O)c2ccccc2)[C@H](O[C@H]2O[C@H](COCc3ccccc3)[C@@H](OCc3ccccc3)[C@H](OCc3ccccc3)[C@H]2O)[C@@H](CO)O[C@H]1O. The monoisotopic (exact) mass is 757 g/mol. The number of nitrogens with one attached hydrogen (secondary N) is 1. The molecule has 2 fully saturated rings. The van der Waals surface area contributed by atoms with Crippen molar-refractivity contribution >= 4 is 11.9 Å². The molecule has 0 unspecified atom stereocenters. The fraction of sp³-hybridized carbons (Fsp3) is 0.381. The van der Waals surface area contributed by atoms with Crippen molar-refractivity contribution < 1.29 is 58.1 Å². The average Bonchev–Trinajstić information content (AvgIpc) is 3.21. The lowest BCUT2D eigenvalue weighted by Crippen LogP contribution is -2.68. The van der Waals surface area contributed by atoms with Gasteiger partial charge in [-0.25, -0.2) is 4.79 Å². The number of aliphatic hydroxyl groups excluding tert-OH is 3. The first-order valence-electron chi connectivity index (χ1n) is 18.2. The molecule has 4 aromatic rings. The molecule has 0 bridgehead atoms. The summed E-state index contributed by atoms with van der Waals surface area (Å²) in [5, 5.41) is 36.1. The molecule has 2 aliphatic rings. The topological polar surface area (TPSA) is 171 Å². The predicted octanol–water partition coefficient (Wildman–Crippen LogP) is 3.28. The van der Waals surface area contributed by atoms with E-state index in [-0.39, 0.29) is 32.0 Å². The van der Waals surface area contributed by atoms with Gasteiger partial charge in [-0.2, -0.15) is 0 Å². The second kappa shape index (κ2) is 19.9. The van der Waals surface area contributed by atoms with Crippen LogP contribution in [-0.4, -0.2) is 102 Å². The van der Waals surface area contributed by atoms with Crippen LogP contribution in [0.4, 0.5) is 0 Å². The summed E-state index contributed by atoms with van der Waals surface area (Å²) in [6.45, 7) is 1.08. The first-order valence-corrected chi connectivity index (χ1v) is 18.2. The first-order chi connectivity index (χ1) is 26.8. The number of esters is 1. The molecule has 4 N–H and O–H groups in total. The molecule has 0 aliphatic carbocycles. The molecule has 0 saturated carbocycles. The van der Waals surface area contributed by atoms with Gasteiger partial charge in [0.15, 0.2) is 18.7 Å². The van der Waals surface area contributed by atoms with E-state index in [0.717, 1.165) is 16.7 Å². The van der Waals surface area contributed by atoms with E-state index in [2.05, 4.69) is 5.32 Å². The lowest BCUT2D eigenvalue weighted by atomic mass is 9.95. The molecule has 6 rings (SSSR count). The summed E-state index contributed by atoms with van der Waals surface area (Å²) >= 11 is 0. The number of ether oxygens (including phenoxy) is 7. The third-order valence-electron chi connectivity index (χ3n) is 9.34. The molecule has 0 radical (unpaired) electrons. The fourth-order valence-corrected chi connectivity index (χ4v) is 6.61. The lowest BCUT2D eigenvalue weighted by Gasteiger charge is -2.48. The lowest BCUT2D eigenvalue weighted by molar-refractivity contribution is -0.353. The number of hydrogen-bond acceptors (Lipinski definition) is 12. The summed E-state index contributed by atoms with van der Waals surface area (Å²) in [5.74, 6) is -1.33. The fourth-order valence-electron chi connectivity index (χ4n) is 6.61. The molecule has 13 heteroatoms. The van der Waals surface area contributed by atoms with Gasteiger partial charge >= 0.3 is 5.97 Å². The normalized spacial score (nSPS) is 27.9. The van der Waals surface area contributed by atoms with E-state index in [4.69, 9.17) is 33.2 Å². The highest BCUT2D eigenvalue weighted by molar-refractivity contribution is 5.89. The number of benzene rings is 4. The van der Waals surface area contributed by atoms with E-state index < -0.39 is 79.8 Å². The Bertz CT molecular complexity index is 1750. The Morgan fingerprint density at radius 2 is 1.18 bits per heavy atom. The van der Waals surface area contributed by atoms with Crippen LogP contribution < -0.4 is 5.32 Å². The zero-order chi connectivity index (χ0) is 38.6. The molecule has 292 valence electrons.